The molecule has 2 fully saturated rings. The topological polar surface area (TPSA) is 55.8 Å². The third-order valence-electron chi connectivity index (χ3n) is 6.68. The minimum absolute atomic E-state index is 0.112. The molecule has 2 amide bonds. The van der Waals surface area contributed by atoms with Crippen LogP contribution in [0.4, 0.5) is 5.69 Å². The maximum Gasteiger partial charge on any atom is 0.238 e. The molecule has 3 aliphatic heterocycles. The largest absolute Gasteiger partial charge is 0.374 e. The zero-order chi connectivity index (χ0) is 19.0. The maximum atomic E-state index is 13.5. The van der Waals surface area contributed by atoms with Gasteiger partial charge in [0.05, 0.1) is 23.1 Å². The van der Waals surface area contributed by atoms with E-state index in [2.05, 4.69) is 12.2 Å². The Morgan fingerprint density at radius 2 is 1.78 bits per heavy atom. The maximum absolute atomic E-state index is 13.5. The van der Waals surface area contributed by atoms with E-state index in [1.54, 1.807) is 7.11 Å². The molecular weight excluding hydrogens is 342 g/mol. The van der Waals surface area contributed by atoms with Gasteiger partial charge >= 0.3 is 0 Å². The van der Waals surface area contributed by atoms with Gasteiger partial charge in [0.2, 0.25) is 11.8 Å². The number of carbonyl (C=O) groups excluding carboxylic acids is 2. The summed E-state index contributed by atoms with van der Waals surface area (Å²) in [4.78, 5) is 28.0. The fraction of sp³-hybridized carbons (Fsp3) is 0.455. The number of ether oxygens (including phenoxy) is 2. The highest BCUT2D eigenvalue weighted by atomic mass is 16.6. The average Bonchev–Trinajstić information content (AvgIpc) is 3.08. The summed E-state index contributed by atoms with van der Waals surface area (Å²) in [5.74, 6) is -1.21. The minimum atomic E-state index is -0.610. The molecule has 0 spiro atoms. The van der Waals surface area contributed by atoms with E-state index < -0.39 is 17.1 Å². The molecule has 1 aromatic rings. The molecular formula is C22H23NO4. The van der Waals surface area contributed by atoms with Gasteiger partial charge in [0.25, 0.3) is 0 Å². The van der Waals surface area contributed by atoms with Crippen molar-refractivity contribution in [3.05, 3.63) is 54.1 Å². The Bertz CT molecular complexity index is 891. The Morgan fingerprint density at radius 1 is 1.07 bits per heavy atom. The van der Waals surface area contributed by atoms with Crippen LogP contribution in [0.2, 0.25) is 0 Å². The summed E-state index contributed by atoms with van der Waals surface area (Å²) >= 11 is 0. The number of nitrogens with zero attached hydrogens (tertiary/aromatic N) is 1. The second-order valence-corrected chi connectivity index (χ2v) is 8.32. The van der Waals surface area contributed by atoms with Gasteiger partial charge in [-0.05, 0) is 38.0 Å². The van der Waals surface area contributed by atoms with Crippen LogP contribution in [0.3, 0.4) is 0 Å². The van der Waals surface area contributed by atoms with Gasteiger partial charge < -0.3 is 9.47 Å². The highest BCUT2D eigenvalue weighted by Gasteiger charge is 2.65. The van der Waals surface area contributed by atoms with E-state index in [0.717, 1.165) is 5.57 Å². The second-order valence-electron chi connectivity index (χ2n) is 8.32. The van der Waals surface area contributed by atoms with E-state index >= 15 is 0 Å². The molecule has 5 heteroatoms. The third-order valence-corrected chi connectivity index (χ3v) is 6.68. The number of allylic oxidation sites excluding steroid dienone is 1. The minimum Gasteiger partial charge on any atom is -0.374 e. The van der Waals surface area contributed by atoms with Crippen molar-refractivity contribution in [1.29, 1.82) is 0 Å². The predicted molar refractivity (Wildman–Crippen MR) is 99.9 cm³/mol. The highest BCUT2D eigenvalue weighted by molar-refractivity contribution is 6.22. The lowest BCUT2D eigenvalue weighted by molar-refractivity contribution is -0.185. The molecule has 0 aromatic heterocycles. The van der Waals surface area contributed by atoms with Gasteiger partial charge in [-0.1, -0.05) is 36.4 Å². The zero-order valence-corrected chi connectivity index (χ0v) is 15.7. The summed E-state index contributed by atoms with van der Waals surface area (Å²) in [6, 6.07) is 9.19. The molecule has 140 valence electrons. The van der Waals surface area contributed by atoms with Gasteiger partial charge in [0, 0.05) is 13.0 Å². The summed E-state index contributed by atoms with van der Waals surface area (Å²) in [5, 5.41) is 0. The smallest absolute Gasteiger partial charge is 0.238 e. The molecule has 5 rings (SSSR count). The monoisotopic (exact) mass is 365 g/mol. The first kappa shape index (κ1) is 16.9. The van der Waals surface area contributed by atoms with Gasteiger partial charge in [0.15, 0.2) is 0 Å². The fourth-order valence-corrected chi connectivity index (χ4v) is 5.64. The van der Waals surface area contributed by atoms with Gasteiger partial charge in [-0.3, -0.25) is 14.5 Å². The molecule has 6 atom stereocenters. The van der Waals surface area contributed by atoms with Crippen LogP contribution in [0.5, 0.6) is 0 Å². The Hall–Kier alpha value is -2.24. The van der Waals surface area contributed by atoms with Crippen molar-refractivity contribution in [2.24, 2.45) is 17.8 Å². The predicted octanol–water partition coefficient (Wildman–Crippen LogP) is 2.87. The average molecular weight is 365 g/mol. The molecule has 0 N–H and O–H groups in total. The second kappa shape index (κ2) is 5.40. The summed E-state index contributed by atoms with van der Waals surface area (Å²) in [7, 11) is 1.68. The third kappa shape index (κ3) is 2.07. The van der Waals surface area contributed by atoms with Crippen LogP contribution in [-0.4, -0.2) is 36.2 Å². The molecule has 3 heterocycles. The summed E-state index contributed by atoms with van der Waals surface area (Å²) in [6.45, 7) is 4.04. The first-order chi connectivity index (χ1) is 12.9. The lowest BCUT2D eigenvalue weighted by atomic mass is 9.63. The van der Waals surface area contributed by atoms with E-state index in [4.69, 9.17) is 9.47 Å². The number of hydrogen-bond donors (Lipinski definition) is 0. The number of methoxy groups -OCH3 is 1. The Kier molecular flexibility index (Phi) is 3.38. The van der Waals surface area contributed by atoms with Crippen molar-refractivity contribution in [3.8, 4) is 0 Å². The number of anilines is 1. The number of imide groups is 1. The Balaban J connectivity index is 1.61. The van der Waals surface area contributed by atoms with Crippen LogP contribution in [0.25, 0.3) is 0 Å². The zero-order valence-electron chi connectivity index (χ0n) is 15.7. The quantitative estimate of drug-likeness (QED) is 0.597. The van der Waals surface area contributed by atoms with Crippen LogP contribution in [0.15, 0.2) is 54.1 Å². The van der Waals surface area contributed by atoms with E-state index in [-0.39, 0.29) is 29.8 Å². The lowest BCUT2D eigenvalue weighted by Gasteiger charge is -2.51. The fourth-order valence-electron chi connectivity index (χ4n) is 5.64. The van der Waals surface area contributed by atoms with Crippen molar-refractivity contribution in [2.75, 3.05) is 12.0 Å². The van der Waals surface area contributed by atoms with E-state index in [1.165, 1.54) is 4.90 Å². The number of para-hydroxylation sites is 1. The van der Waals surface area contributed by atoms with Crippen molar-refractivity contribution in [1.82, 2.24) is 0 Å². The molecule has 5 nitrogen and oxygen atoms in total. The van der Waals surface area contributed by atoms with Crippen molar-refractivity contribution in [3.63, 3.8) is 0 Å². The van der Waals surface area contributed by atoms with Crippen molar-refractivity contribution < 1.29 is 19.1 Å². The molecule has 2 saturated heterocycles. The van der Waals surface area contributed by atoms with E-state index in [1.807, 2.05) is 50.3 Å². The van der Waals surface area contributed by atoms with Gasteiger partial charge in [0.1, 0.15) is 11.7 Å². The van der Waals surface area contributed by atoms with E-state index in [0.29, 0.717) is 12.1 Å². The molecule has 4 aliphatic rings. The standard InChI is InChI=1S/C22H23NO4/c1-21-11-12-22(2,27-21)18(26-3)15-10-9-14-16(17(15)21)20(25)23(19(14)24)13-7-5-4-6-8-13/h4-8,10-12,14,16-18H,9H2,1-3H3/t14-,16-,17+,18-,21+,22-/m1/s1. The first-order valence-electron chi connectivity index (χ1n) is 9.46. The van der Waals surface area contributed by atoms with Crippen LogP contribution >= 0.6 is 0 Å². The number of carbonyl (C=O) groups is 2. The first-order valence-corrected chi connectivity index (χ1v) is 9.46. The number of hydrogen-bond acceptors (Lipinski definition) is 4. The van der Waals surface area contributed by atoms with Crippen molar-refractivity contribution >= 4 is 17.5 Å². The molecule has 0 saturated carbocycles. The summed E-state index contributed by atoms with van der Waals surface area (Å²) in [6.07, 6.45) is 6.53. The lowest BCUT2D eigenvalue weighted by Crippen LogP contribution is -2.58. The van der Waals surface area contributed by atoms with Gasteiger partial charge in [-0.25, -0.2) is 0 Å². The number of benzene rings is 1. The Labute approximate surface area is 158 Å². The molecule has 2 bridgehead atoms. The van der Waals surface area contributed by atoms with Crippen LogP contribution in [-0.2, 0) is 19.1 Å². The SMILES string of the molecule is CO[C@@H]1C2=CC[C@H]3C(=O)N(c4ccccc4)C(=O)[C@H]3[C@H]2[C@]2(C)C=C[C@@]1(C)O2. The Morgan fingerprint density at radius 3 is 2.48 bits per heavy atom. The van der Waals surface area contributed by atoms with Gasteiger partial charge in [-0.2, -0.15) is 0 Å². The molecule has 0 radical (unpaired) electrons. The molecule has 27 heavy (non-hydrogen) atoms. The molecule has 1 aliphatic carbocycles. The number of fused-ring (bicyclic) bond motifs is 6. The van der Waals surface area contributed by atoms with Gasteiger partial charge in [-0.15, -0.1) is 0 Å². The van der Waals surface area contributed by atoms with E-state index in [9.17, 15) is 9.59 Å². The summed E-state index contributed by atoms with van der Waals surface area (Å²) < 4.78 is 12.2. The number of amides is 2. The van der Waals surface area contributed by atoms with Crippen LogP contribution in [0, 0.1) is 17.8 Å². The summed E-state index contributed by atoms with van der Waals surface area (Å²) in [5.41, 5.74) is 0.585. The van der Waals surface area contributed by atoms with Crippen LogP contribution < -0.4 is 4.90 Å². The normalized spacial score (nSPS) is 42.2. The van der Waals surface area contributed by atoms with Crippen molar-refractivity contribution in [2.45, 2.75) is 37.6 Å². The van der Waals surface area contributed by atoms with Crippen LogP contribution in [0.1, 0.15) is 20.3 Å². The molecule has 0 unspecified atom stereocenters. The number of rotatable bonds is 2. The molecule has 1 aromatic carbocycles. The highest BCUT2D eigenvalue weighted by Crippen LogP contribution is 2.57.